The number of methoxy groups -OCH3 is 1. The van der Waals surface area contributed by atoms with Crippen LogP contribution in [0.4, 0.5) is 0 Å². The van der Waals surface area contributed by atoms with Gasteiger partial charge in [-0.05, 0) is 37.1 Å². The first kappa shape index (κ1) is 16.4. The molecule has 0 fully saturated rings. The number of sulfonamides is 1. The third kappa shape index (κ3) is 4.15. The lowest BCUT2D eigenvalue weighted by Crippen LogP contribution is -2.32. The quantitative estimate of drug-likeness (QED) is 0.833. The molecule has 0 amide bonds. The van der Waals surface area contributed by atoms with Gasteiger partial charge in [-0.1, -0.05) is 11.6 Å². The second-order valence-corrected chi connectivity index (χ2v) is 6.46. The summed E-state index contributed by atoms with van der Waals surface area (Å²) < 4.78 is 32.0. The standard InChI is InChI=1S/C12H19ClN2O3S/c1-8(18-3)7-15-19(16,17)12-5-11(13)4-10(6-14)9(12)2/h4-5,8,15H,6-7,14H2,1-3H3. The molecular formula is C12H19ClN2O3S. The Balaban J connectivity index is 3.11. The lowest BCUT2D eigenvalue weighted by molar-refractivity contribution is 0.122. The van der Waals surface area contributed by atoms with E-state index < -0.39 is 10.0 Å². The van der Waals surface area contributed by atoms with Crippen LogP contribution in [0.1, 0.15) is 18.1 Å². The summed E-state index contributed by atoms with van der Waals surface area (Å²) in [6, 6.07) is 3.10. The Morgan fingerprint density at radius 2 is 2.11 bits per heavy atom. The Hall–Kier alpha value is -0.660. The summed E-state index contributed by atoms with van der Waals surface area (Å²) in [4.78, 5) is 0.156. The highest BCUT2D eigenvalue weighted by molar-refractivity contribution is 7.89. The molecular weight excluding hydrogens is 288 g/mol. The SMILES string of the molecule is COC(C)CNS(=O)(=O)c1cc(Cl)cc(CN)c1C. The van der Waals surface area contributed by atoms with Gasteiger partial charge in [0.05, 0.1) is 11.0 Å². The van der Waals surface area contributed by atoms with E-state index in [0.717, 1.165) is 0 Å². The lowest BCUT2D eigenvalue weighted by Gasteiger charge is -2.15. The summed E-state index contributed by atoms with van der Waals surface area (Å²) in [6.07, 6.45) is -0.205. The molecule has 3 N–H and O–H groups in total. The fourth-order valence-corrected chi connectivity index (χ4v) is 3.32. The van der Waals surface area contributed by atoms with Crippen LogP contribution in [0.15, 0.2) is 17.0 Å². The van der Waals surface area contributed by atoms with Gasteiger partial charge < -0.3 is 10.5 Å². The van der Waals surface area contributed by atoms with Crippen LogP contribution in [-0.4, -0.2) is 28.2 Å². The molecule has 5 nitrogen and oxygen atoms in total. The second-order valence-electron chi connectivity index (χ2n) is 4.29. The number of rotatable bonds is 6. The van der Waals surface area contributed by atoms with Crippen LogP contribution in [0.3, 0.4) is 0 Å². The molecule has 0 aliphatic carbocycles. The smallest absolute Gasteiger partial charge is 0.240 e. The molecule has 0 aromatic heterocycles. The van der Waals surface area contributed by atoms with Gasteiger partial charge in [-0.3, -0.25) is 0 Å². The number of hydrogen-bond donors (Lipinski definition) is 2. The molecule has 7 heteroatoms. The highest BCUT2D eigenvalue weighted by atomic mass is 35.5. The Morgan fingerprint density at radius 3 is 2.63 bits per heavy atom. The van der Waals surface area contributed by atoms with E-state index in [4.69, 9.17) is 22.1 Å². The fourth-order valence-electron chi connectivity index (χ4n) is 1.59. The Morgan fingerprint density at radius 1 is 1.47 bits per heavy atom. The maximum absolute atomic E-state index is 12.2. The van der Waals surface area contributed by atoms with Crippen molar-refractivity contribution in [1.82, 2.24) is 4.72 Å². The first-order chi connectivity index (χ1) is 8.81. The zero-order valence-electron chi connectivity index (χ0n) is 11.2. The molecule has 108 valence electrons. The normalized spacial score (nSPS) is 13.5. The van der Waals surface area contributed by atoms with Crippen molar-refractivity contribution < 1.29 is 13.2 Å². The summed E-state index contributed by atoms with van der Waals surface area (Å²) in [5.41, 5.74) is 6.91. The molecule has 0 spiro atoms. The topological polar surface area (TPSA) is 81.4 Å². The number of nitrogens with two attached hydrogens (primary N) is 1. The summed E-state index contributed by atoms with van der Waals surface area (Å²) in [7, 11) is -2.10. The van der Waals surface area contributed by atoms with E-state index in [2.05, 4.69) is 4.72 Å². The van der Waals surface area contributed by atoms with Crippen LogP contribution in [-0.2, 0) is 21.3 Å². The number of ether oxygens (including phenoxy) is 1. The van der Waals surface area contributed by atoms with Crippen molar-refractivity contribution in [1.29, 1.82) is 0 Å². The van der Waals surface area contributed by atoms with Crippen LogP contribution >= 0.6 is 11.6 Å². The fraction of sp³-hybridized carbons (Fsp3) is 0.500. The maximum Gasteiger partial charge on any atom is 0.240 e. The molecule has 1 aromatic carbocycles. The molecule has 0 radical (unpaired) electrons. The van der Waals surface area contributed by atoms with E-state index in [1.54, 1.807) is 19.9 Å². The molecule has 1 rings (SSSR count). The van der Waals surface area contributed by atoms with Gasteiger partial charge in [-0.15, -0.1) is 0 Å². The summed E-state index contributed by atoms with van der Waals surface area (Å²) in [5.74, 6) is 0. The van der Waals surface area contributed by atoms with E-state index in [0.29, 0.717) is 16.1 Å². The van der Waals surface area contributed by atoms with Crippen LogP contribution in [0, 0.1) is 6.92 Å². The Bertz CT molecular complexity index is 546. The maximum atomic E-state index is 12.2. The molecule has 19 heavy (non-hydrogen) atoms. The molecule has 0 aliphatic heterocycles. The van der Waals surface area contributed by atoms with Crippen LogP contribution in [0.5, 0.6) is 0 Å². The van der Waals surface area contributed by atoms with Crippen molar-refractivity contribution in [2.45, 2.75) is 31.4 Å². The molecule has 1 aromatic rings. The molecule has 0 bridgehead atoms. The minimum absolute atomic E-state index is 0.156. The minimum atomic E-state index is -3.62. The monoisotopic (exact) mass is 306 g/mol. The van der Waals surface area contributed by atoms with Crippen LogP contribution < -0.4 is 10.5 Å². The van der Waals surface area contributed by atoms with Crippen molar-refractivity contribution in [3.05, 3.63) is 28.3 Å². The van der Waals surface area contributed by atoms with E-state index in [1.807, 2.05) is 0 Å². The summed E-state index contributed by atoms with van der Waals surface area (Å²) >= 11 is 5.92. The van der Waals surface area contributed by atoms with Gasteiger partial charge in [0.25, 0.3) is 0 Å². The highest BCUT2D eigenvalue weighted by Gasteiger charge is 2.20. The summed E-state index contributed by atoms with van der Waals surface area (Å²) in [6.45, 7) is 3.93. The van der Waals surface area contributed by atoms with E-state index in [1.165, 1.54) is 13.2 Å². The number of benzene rings is 1. The zero-order valence-corrected chi connectivity index (χ0v) is 12.8. The molecule has 0 heterocycles. The first-order valence-electron chi connectivity index (χ1n) is 5.83. The highest BCUT2D eigenvalue weighted by Crippen LogP contribution is 2.24. The third-order valence-corrected chi connectivity index (χ3v) is 4.67. The predicted molar refractivity (Wildman–Crippen MR) is 75.7 cm³/mol. The predicted octanol–water partition coefficient (Wildman–Crippen LogP) is 1.42. The Kier molecular flexibility index (Phi) is 5.76. The van der Waals surface area contributed by atoms with Crippen molar-refractivity contribution in [3.8, 4) is 0 Å². The van der Waals surface area contributed by atoms with Crippen molar-refractivity contribution in [3.63, 3.8) is 0 Å². The minimum Gasteiger partial charge on any atom is -0.380 e. The molecule has 0 saturated carbocycles. The zero-order chi connectivity index (χ0) is 14.6. The molecule has 1 unspecified atom stereocenters. The molecule has 1 atom stereocenters. The van der Waals surface area contributed by atoms with Gasteiger partial charge >= 0.3 is 0 Å². The van der Waals surface area contributed by atoms with Gasteiger partial charge in [0.2, 0.25) is 10.0 Å². The Labute approximate surface area is 119 Å². The van der Waals surface area contributed by atoms with E-state index in [9.17, 15) is 8.42 Å². The second kappa shape index (κ2) is 6.67. The van der Waals surface area contributed by atoms with Gasteiger partial charge in [0.15, 0.2) is 0 Å². The number of halogens is 1. The first-order valence-corrected chi connectivity index (χ1v) is 7.69. The largest absolute Gasteiger partial charge is 0.380 e. The average molecular weight is 307 g/mol. The van der Waals surface area contributed by atoms with Crippen molar-refractivity contribution in [2.24, 2.45) is 5.73 Å². The summed E-state index contributed by atoms with van der Waals surface area (Å²) in [5, 5.41) is 0.353. The van der Waals surface area contributed by atoms with Gasteiger partial charge in [-0.2, -0.15) is 0 Å². The number of hydrogen-bond acceptors (Lipinski definition) is 4. The van der Waals surface area contributed by atoms with Crippen LogP contribution in [0.25, 0.3) is 0 Å². The van der Waals surface area contributed by atoms with Gasteiger partial charge in [-0.25, -0.2) is 13.1 Å². The van der Waals surface area contributed by atoms with Gasteiger partial charge in [0, 0.05) is 25.2 Å². The average Bonchev–Trinajstić information content (AvgIpc) is 2.38. The van der Waals surface area contributed by atoms with E-state index in [-0.39, 0.29) is 24.1 Å². The third-order valence-electron chi connectivity index (χ3n) is 2.90. The number of nitrogens with one attached hydrogen (secondary N) is 1. The van der Waals surface area contributed by atoms with Crippen molar-refractivity contribution in [2.75, 3.05) is 13.7 Å². The van der Waals surface area contributed by atoms with Gasteiger partial charge in [0.1, 0.15) is 0 Å². The van der Waals surface area contributed by atoms with E-state index >= 15 is 0 Å². The lowest BCUT2D eigenvalue weighted by atomic mass is 10.1. The van der Waals surface area contributed by atoms with Crippen LogP contribution in [0.2, 0.25) is 5.02 Å². The molecule has 0 saturated heterocycles. The molecule has 0 aliphatic rings. The van der Waals surface area contributed by atoms with Crippen molar-refractivity contribution >= 4 is 21.6 Å².